The fraction of sp³-hybridized carbons (Fsp3) is 1.00. The molecule has 0 aromatic rings. The maximum absolute atomic E-state index is 10.7. The van der Waals surface area contributed by atoms with Crippen molar-refractivity contribution in [3.05, 3.63) is 0 Å². The van der Waals surface area contributed by atoms with Crippen molar-refractivity contribution in [1.29, 1.82) is 0 Å². The Kier molecular flexibility index (Phi) is 7.82. The minimum atomic E-state index is -10.7. The number of unbranched alkanes of at least 4 members (excludes halogenated alkanes) is 5. The topological polar surface area (TPSA) is 4.44 Å². The average Bonchev–Trinajstić information content (AvgIpc) is 2.05. The molecule has 116 valence electrons. The Morgan fingerprint density at radius 1 is 0.722 bits per heavy atom. The molecule has 0 radical (unpaired) electrons. The van der Waals surface area contributed by atoms with Gasteiger partial charge in [0.25, 0.3) is 0 Å². The number of halogens is 6. The first-order chi connectivity index (χ1) is 7.72. The molecule has 0 atom stereocenters. The van der Waals surface area contributed by atoms with E-state index in [0.717, 1.165) is 0 Å². The quantitative estimate of drug-likeness (QED) is 0.388. The molecule has 1 N–H and O–H groups in total. The predicted octanol–water partition coefficient (Wildman–Crippen LogP) is 4.87. The molecule has 0 aliphatic rings. The first kappa shape index (κ1) is 20.3. The first-order valence-electron chi connectivity index (χ1n) is 6.07. The summed E-state index contributed by atoms with van der Waals surface area (Å²) in [6.45, 7) is 3.61. The third-order valence-electron chi connectivity index (χ3n) is 2.03. The molecule has 0 aliphatic heterocycles. The van der Waals surface area contributed by atoms with Crippen molar-refractivity contribution in [2.24, 2.45) is 0 Å². The molecule has 0 aromatic heterocycles. The minimum absolute atomic E-state index is 1.34. The van der Waals surface area contributed by atoms with Gasteiger partial charge in [0.1, 0.15) is 0 Å². The van der Waals surface area contributed by atoms with Gasteiger partial charge in [-0.15, -0.1) is 0 Å². The number of hydrogen-bond acceptors (Lipinski definition) is 0. The number of nitrogens with one attached hydrogen (secondary N) is 1. The van der Waals surface area contributed by atoms with Crippen LogP contribution in [0.3, 0.4) is 0 Å². The summed E-state index contributed by atoms with van der Waals surface area (Å²) < 4.78 is 59.2. The van der Waals surface area contributed by atoms with Crippen LogP contribution in [0.2, 0.25) is 0 Å². The van der Waals surface area contributed by atoms with Crippen molar-refractivity contribution in [1.82, 2.24) is 0 Å². The average molecular weight is 303 g/mol. The van der Waals surface area contributed by atoms with E-state index >= 15 is 0 Å². The van der Waals surface area contributed by atoms with Crippen LogP contribution in [-0.4, -0.2) is 20.6 Å². The molecular weight excluding hydrogens is 279 g/mol. The molecule has 0 saturated heterocycles. The molecule has 0 rings (SSSR count). The summed E-state index contributed by atoms with van der Waals surface area (Å²) in [7, 11) is -6.20. The SMILES string of the molecule is CCCCCCCC[NH+](C)C.F[P-](F)(F)(F)(F)F. The standard InChI is InChI=1S/C10H23N.F6P/c1-4-5-6-7-8-9-10-11(2)3;1-7(2,3,4,5)6/h4-10H2,1-3H3;/q;-1/p+1. The second-order valence-corrected chi connectivity index (χ2v) is 6.60. The Hall–Kier alpha value is -0.0300. The van der Waals surface area contributed by atoms with E-state index in [2.05, 4.69) is 21.0 Å². The van der Waals surface area contributed by atoms with Gasteiger partial charge in [-0.2, -0.15) is 0 Å². The zero-order valence-corrected chi connectivity index (χ0v) is 12.1. The zero-order chi connectivity index (χ0) is 14.9. The molecule has 8 heteroatoms. The molecule has 1 nitrogen and oxygen atoms in total. The molecule has 0 unspecified atom stereocenters. The molecule has 0 bridgehead atoms. The van der Waals surface area contributed by atoms with E-state index in [1.165, 1.54) is 45.1 Å². The summed E-state index contributed by atoms with van der Waals surface area (Å²) in [6, 6.07) is 0. The van der Waals surface area contributed by atoms with Gasteiger partial charge in [-0.1, -0.05) is 32.6 Å². The molecule has 0 aromatic carbocycles. The van der Waals surface area contributed by atoms with Gasteiger partial charge in [0, 0.05) is 0 Å². The Labute approximate surface area is 105 Å². The van der Waals surface area contributed by atoms with Crippen molar-refractivity contribution in [3.63, 3.8) is 0 Å². The van der Waals surface area contributed by atoms with Crippen molar-refractivity contribution < 1.29 is 30.1 Å². The third-order valence-corrected chi connectivity index (χ3v) is 2.03. The fourth-order valence-electron chi connectivity index (χ4n) is 1.26. The Morgan fingerprint density at radius 3 is 1.39 bits per heavy atom. The van der Waals surface area contributed by atoms with Gasteiger partial charge in [-0.3, -0.25) is 0 Å². The number of rotatable bonds is 7. The van der Waals surface area contributed by atoms with Crippen LogP contribution in [-0.2, 0) is 0 Å². The summed E-state index contributed by atoms with van der Waals surface area (Å²) in [5, 5.41) is 0. The van der Waals surface area contributed by atoms with E-state index in [-0.39, 0.29) is 0 Å². The summed E-state index contributed by atoms with van der Waals surface area (Å²) in [4.78, 5) is 1.58. The Bertz CT molecular complexity index is 198. The Balaban J connectivity index is 0. The van der Waals surface area contributed by atoms with Crippen molar-refractivity contribution in [3.8, 4) is 0 Å². The summed E-state index contributed by atoms with van der Waals surface area (Å²) >= 11 is 0. The van der Waals surface area contributed by atoms with Gasteiger partial charge in [0.15, 0.2) is 0 Å². The van der Waals surface area contributed by atoms with Crippen LogP contribution < -0.4 is 4.90 Å². The van der Waals surface area contributed by atoms with Gasteiger partial charge < -0.3 is 4.90 Å². The summed E-state index contributed by atoms with van der Waals surface area (Å²) in [5.74, 6) is 0. The third kappa shape index (κ3) is 56.3. The molecule has 0 spiro atoms. The van der Waals surface area contributed by atoms with Crippen LogP contribution in [0.5, 0.6) is 0 Å². The molecular formula is C10H24F6NP. The first-order valence-corrected chi connectivity index (χ1v) is 8.10. The van der Waals surface area contributed by atoms with Crippen LogP contribution in [0, 0.1) is 0 Å². The zero-order valence-electron chi connectivity index (χ0n) is 11.2. The van der Waals surface area contributed by atoms with E-state index in [1.807, 2.05) is 0 Å². The summed E-state index contributed by atoms with van der Waals surface area (Å²) in [6.07, 6.45) is 8.52. The van der Waals surface area contributed by atoms with Crippen LogP contribution in [0.25, 0.3) is 0 Å². The van der Waals surface area contributed by atoms with E-state index < -0.39 is 7.81 Å². The second kappa shape index (κ2) is 6.94. The number of quaternary nitrogens is 1. The van der Waals surface area contributed by atoms with E-state index in [9.17, 15) is 25.2 Å². The molecule has 0 amide bonds. The molecule has 0 heterocycles. The van der Waals surface area contributed by atoms with Crippen molar-refractivity contribution in [2.45, 2.75) is 45.4 Å². The van der Waals surface area contributed by atoms with Crippen LogP contribution in [0.4, 0.5) is 25.2 Å². The van der Waals surface area contributed by atoms with E-state index in [0.29, 0.717) is 0 Å². The second-order valence-electron chi connectivity index (χ2n) is 4.68. The molecule has 0 aliphatic carbocycles. The van der Waals surface area contributed by atoms with E-state index in [4.69, 9.17) is 0 Å². The van der Waals surface area contributed by atoms with Crippen LogP contribution >= 0.6 is 7.81 Å². The molecule has 0 saturated carbocycles. The number of hydrogen-bond donors (Lipinski definition) is 1. The van der Waals surface area contributed by atoms with Crippen molar-refractivity contribution >= 4 is 7.81 Å². The van der Waals surface area contributed by atoms with Gasteiger partial charge in [-0.25, -0.2) is 0 Å². The van der Waals surface area contributed by atoms with E-state index in [1.54, 1.807) is 4.90 Å². The molecule has 18 heavy (non-hydrogen) atoms. The monoisotopic (exact) mass is 303 g/mol. The van der Waals surface area contributed by atoms with Gasteiger partial charge in [0.05, 0.1) is 20.6 Å². The normalized spacial score (nSPS) is 15.7. The predicted molar refractivity (Wildman–Crippen MR) is 64.6 cm³/mol. The van der Waals surface area contributed by atoms with Crippen LogP contribution in [0.1, 0.15) is 45.4 Å². The van der Waals surface area contributed by atoms with Crippen LogP contribution in [0.15, 0.2) is 0 Å². The summed E-state index contributed by atoms with van der Waals surface area (Å²) in [5.41, 5.74) is 0. The Morgan fingerprint density at radius 2 is 1.06 bits per heavy atom. The maximum atomic E-state index is 9.87. The fourth-order valence-corrected chi connectivity index (χ4v) is 1.26. The van der Waals surface area contributed by atoms with Crippen molar-refractivity contribution in [2.75, 3.05) is 20.6 Å². The molecule has 0 fully saturated rings. The van der Waals surface area contributed by atoms with Gasteiger partial charge in [0.2, 0.25) is 0 Å². The van der Waals surface area contributed by atoms with Gasteiger partial charge in [-0.05, 0) is 12.8 Å². The van der Waals surface area contributed by atoms with Gasteiger partial charge >= 0.3 is 33.0 Å².